The number of piperazine rings is 1. The van der Waals surface area contributed by atoms with E-state index in [1.807, 2.05) is 0 Å². The molecule has 2 N–H and O–H groups in total. The molecule has 1 unspecified atom stereocenters. The van der Waals surface area contributed by atoms with Crippen molar-refractivity contribution in [1.29, 1.82) is 0 Å². The van der Waals surface area contributed by atoms with Crippen molar-refractivity contribution in [1.82, 2.24) is 15.1 Å². The van der Waals surface area contributed by atoms with E-state index in [4.69, 9.17) is 14.3 Å². The maximum absolute atomic E-state index is 13.5. The molecule has 0 aromatic heterocycles. The standard InChI is InChI=1S/C29H35ClF2N4O6S2/c1-43(39,40)22-3-5-23(6-4-22)44(41,42)34-25-7-2-21(30)16-20(25)19-35-12-14-36(15-13-35)26(37)18-33-27(38)24-17-28(24)8-10-29(31,32)11-9-28/h2-7,16,24,34H,8-15,17-19H2,1H3,(H,33,38)/i19D2. The van der Waals surface area contributed by atoms with Crippen molar-refractivity contribution in [2.75, 3.05) is 43.7 Å². The van der Waals surface area contributed by atoms with Gasteiger partial charge in [0.05, 0.1) is 22.0 Å². The monoisotopic (exact) mass is 674 g/mol. The highest BCUT2D eigenvalue weighted by molar-refractivity contribution is 7.92. The number of sulfone groups is 1. The Morgan fingerprint density at radius 2 is 1.59 bits per heavy atom. The summed E-state index contributed by atoms with van der Waals surface area (Å²) in [4.78, 5) is 28.2. The minimum atomic E-state index is -4.25. The van der Waals surface area contributed by atoms with Crippen molar-refractivity contribution in [2.24, 2.45) is 11.3 Å². The summed E-state index contributed by atoms with van der Waals surface area (Å²) in [6, 6.07) is 8.68. The lowest BCUT2D eigenvalue weighted by atomic mass is 9.82. The average Bonchev–Trinajstić information content (AvgIpc) is 3.72. The van der Waals surface area contributed by atoms with E-state index in [-0.39, 0.29) is 94.8 Å². The van der Waals surface area contributed by atoms with Gasteiger partial charge in [-0.05, 0) is 72.7 Å². The van der Waals surface area contributed by atoms with Crippen LogP contribution in [-0.4, -0.2) is 83.4 Å². The van der Waals surface area contributed by atoms with Crippen LogP contribution >= 0.6 is 11.6 Å². The van der Waals surface area contributed by atoms with E-state index in [1.54, 1.807) is 0 Å². The second-order valence-electron chi connectivity index (χ2n) is 11.7. The number of amides is 2. The molecule has 1 aliphatic heterocycles. The quantitative estimate of drug-likeness (QED) is 0.416. The smallest absolute Gasteiger partial charge is 0.261 e. The maximum Gasteiger partial charge on any atom is 0.261 e. The zero-order valence-corrected chi connectivity index (χ0v) is 26.4. The van der Waals surface area contributed by atoms with Gasteiger partial charge in [0.25, 0.3) is 10.0 Å². The molecule has 5 rings (SSSR count). The van der Waals surface area contributed by atoms with Crippen LogP contribution in [0.4, 0.5) is 14.5 Å². The summed E-state index contributed by atoms with van der Waals surface area (Å²) in [5.41, 5.74) is -0.507. The Morgan fingerprint density at radius 1 is 0.977 bits per heavy atom. The summed E-state index contributed by atoms with van der Waals surface area (Å²) in [6.45, 7) is -1.99. The van der Waals surface area contributed by atoms with E-state index in [9.17, 15) is 35.2 Å². The molecule has 2 aromatic carbocycles. The van der Waals surface area contributed by atoms with Gasteiger partial charge < -0.3 is 10.2 Å². The largest absolute Gasteiger partial charge is 0.347 e. The number of hydrogen-bond acceptors (Lipinski definition) is 7. The van der Waals surface area contributed by atoms with Gasteiger partial charge in [-0.25, -0.2) is 25.6 Å². The van der Waals surface area contributed by atoms with Crippen LogP contribution in [-0.2, 0) is 35.9 Å². The molecule has 1 spiro atoms. The number of halogens is 3. The van der Waals surface area contributed by atoms with Crippen molar-refractivity contribution in [3.8, 4) is 0 Å². The first kappa shape index (κ1) is 29.9. The Morgan fingerprint density at radius 3 is 2.20 bits per heavy atom. The van der Waals surface area contributed by atoms with Gasteiger partial charge in [-0.2, -0.15) is 0 Å². The van der Waals surface area contributed by atoms with Gasteiger partial charge in [0.15, 0.2) is 9.84 Å². The Balaban J connectivity index is 1.19. The summed E-state index contributed by atoms with van der Waals surface area (Å²) in [5.74, 6) is -3.70. The third-order valence-electron chi connectivity index (χ3n) is 8.60. The number of carbonyl (C=O) groups excluding carboxylic acids is 2. The van der Waals surface area contributed by atoms with Gasteiger partial charge in [-0.1, -0.05) is 11.6 Å². The average molecular weight is 675 g/mol. The van der Waals surface area contributed by atoms with Crippen LogP contribution in [0.2, 0.25) is 5.02 Å². The van der Waals surface area contributed by atoms with E-state index in [2.05, 4.69) is 10.0 Å². The fraction of sp³-hybridized carbons (Fsp3) is 0.517. The highest BCUT2D eigenvalue weighted by atomic mass is 35.5. The predicted molar refractivity (Wildman–Crippen MR) is 161 cm³/mol. The molecule has 3 fully saturated rings. The van der Waals surface area contributed by atoms with Crippen LogP contribution in [0.25, 0.3) is 0 Å². The summed E-state index contributed by atoms with van der Waals surface area (Å²) in [5, 5.41) is 2.82. The number of nitrogens with zero attached hydrogens (tertiary/aromatic N) is 2. The fourth-order valence-electron chi connectivity index (χ4n) is 5.79. The molecule has 0 bridgehead atoms. The molecular formula is C29H35ClF2N4O6S2. The van der Waals surface area contributed by atoms with Gasteiger partial charge in [-0.3, -0.25) is 19.2 Å². The van der Waals surface area contributed by atoms with E-state index in [0.29, 0.717) is 19.3 Å². The summed E-state index contributed by atoms with van der Waals surface area (Å²) in [6.07, 6.45) is 1.69. The molecule has 1 atom stereocenters. The van der Waals surface area contributed by atoms with E-state index < -0.39 is 32.3 Å². The number of hydrogen-bond donors (Lipinski definition) is 2. The first-order valence-corrected chi connectivity index (χ1v) is 17.9. The molecular weight excluding hydrogens is 638 g/mol. The molecule has 2 saturated carbocycles. The highest BCUT2D eigenvalue weighted by Crippen LogP contribution is 2.63. The third-order valence-corrected chi connectivity index (χ3v) is 11.3. The van der Waals surface area contributed by atoms with E-state index in [0.717, 1.165) is 18.4 Å². The molecule has 2 amide bonds. The van der Waals surface area contributed by atoms with Crippen LogP contribution < -0.4 is 10.0 Å². The van der Waals surface area contributed by atoms with Crippen molar-refractivity contribution in [3.05, 3.63) is 53.1 Å². The molecule has 1 heterocycles. The summed E-state index contributed by atoms with van der Waals surface area (Å²) >= 11 is 6.18. The van der Waals surface area contributed by atoms with Crippen LogP contribution in [0.15, 0.2) is 52.3 Å². The Bertz CT molecular complexity index is 1730. The molecule has 2 aliphatic carbocycles. The lowest BCUT2D eigenvalue weighted by Gasteiger charge is -2.35. The van der Waals surface area contributed by atoms with Crippen molar-refractivity contribution in [3.63, 3.8) is 0 Å². The van der Waals surface area contributed by atoms with Gasteiger partial charge in [0.1, 0.15) is 0 Å². The molecule has 3 aliphatic rings. The van der Waals surface area contributed by atoms with Gasteiger partial charge >= 0.3 is 0 Å². The van der Waals surface area contributed by atoms with Gasteiger partial charge in [-0.15, -0.1) is 0 Å². The molecule has 240 valence electrons. The Hall–Kier alpha value is -2.81. The minimum Gasteiger partial charge on any atom is -0.347 e. The molecule has 2 aromatic rings. The summed E-state index contributed by atoms with van der Waals surface area (Å²) < 4.78 is 97.1. The van der Waals surface area contributed by atoms with Gasteiger partial charge in [0, 0.05) is 65.5 Å². The lowest BCUT2D eigenvalue weighted by molar-refractivity contribution is -0.135. The number of rotatable bonds is 9. The SMILES string of the molecule is [2H]C([2H])(c1cc(Cl)ccc1NS(=O)(=O)c1ccc(S(C)(=O)=O)cc1)N1CCN(C(=O)CNC(=O)C2CC23CCC(F)(F)CC3)CC1. The second kappa shape index (κ2) is 12.2. The predicted octanol–water partition coefficient (Wildman–Crippen LogP) is 3.52. The fourth-order valence-corrected chi connectivity index (χ4v) is 7.67. The zero-order chi connectivity index (χ0) is 33.7. The number of alkyl halides is 2. The normalized spacial score (nSPS) is 22.5. The number of carbonyl (C=O) groups is 2. The van der Waals surface area contributed by atoms with E-state index in [1.165, 1.54) is 40.1 Å². The molecule has 15 heteroatoms. The number of sulfonamides is 1. The molecule has 0 radical (unpaired) electrons. The third kappa shape index (κ3) is 7.52. The number of nitrogens with one attached hydrogen (secondary N) is 2. The van der Waals surface area contributed by atoms with Crippen LogP contribution in [0.1, 0.15) is 40.4 Å². The molecule has 44 heavy (non-hydrogen) atoms. The van der Waals surface area contributed by atoms with Crippen molar-refractivity contribution in [2.45, 2.75) is 54.3 Å². The lowest BCUT2D eigenvalue weighted by Crippen LogP contribution is -2.51. The number of benzene rings is 2. The molecule has 10 nitrogen and oxygen atoms in total. The summed E-state index contributed by atoms with van der Waals surface area (Å²) in [7, 11) is -7.79. The minimum absolute atomic E-state index is 0.0535. The Labute approximate surface area is 263 Å². The second-order valence-corrected chi connectivity index (χ2v) is 15.8. The highest BCUT2D eigenvalue weighted by Gasteiger charge is 2.60. The first-order valence-electron chi connectivity index (χ1n) is 15.1. The number of anilines is 1. The van der Waals surface area contributed by atoms with Crippen molar-refractivity contribution >= 4 is 49.0 Å². The van der Waals surface area contributed by atoms with Crippen LogP contribution in [0, 0.1) is 11.3 Å². The zero-order valence-electron chi connectivity index (χ0n) is 26.0. The van der Waals surface area contributed by atoms with Gasteiger partial charge in [0.2, 0.25) is 17.7 Å². The maximum atomic E-state index is 13.5. The van der Waals surface area contributed by atoms with Crippen LogP contribution in [0.5, 0.6) is 0 Å². The Kier molecular flexibility index (Phi) is 8.27. The molecule has 1 saturated heterocycles. The van der Waals surface area contributed by atoms with Crippen LogP contribution in [0.3, 0.4) is 0 Å². The topological polar surface area (TPSA) is 133 Å². The van der Waals surface area contributed by atoms with Crippen molar-refractivity contribution < 1.29 is 37.9 Å². The first-order chi connectivity index (χ1) is 21.3. The van der Waals surface area contributed by atoms with E-state index >= 15 is 0 Å².